The fourth-order valence-corrected chi connectivity index (χ4v) is 1.74. The maximum atomic E-state index is 12.9. The van der Waals surface area contributed by atoms with Gasteiger partial charge in [-0.05, 0) is 48.4 Å². The predicted octanol–water partition coefficient (Wildman–Crippen LogP) is 3.95. The second kappa shape index (κ2) is 5.27. The van der Waals surface area contributed by atoms with E-state index in [-0.39, 0.29) is 5.82 Å². The van der Waals surface area contributed by atoms with Crippen LogP contribution < -0.4 is 10.5 Å². The quantitative estimate of drug-likeness (QED) is 0.853. The summed E-state index contributed by atoms with van der Waals surface area (Å²) in [6, 6.07) is 9.76. The van der Waals surface area contributed by atoms with Crippen LogP contribution in [0.15, 0.2) is 36.4 Å². The molecule has 0 aliphatic rings. The van der Waals surface area contributed by atoms with E-state index in [1.54, 1.807) is 25.1 Å². The number of benzene rings is 2. The smallest absolute Gasteiger partial charge is 0.123 e. The minimum absolute atomic E-state index is 0.268. The van der Waals surface area contributed by atoms with Crippen molar-refractivity contribution in [2.75, 3.05) is 5.73 Å². The summed E-state index contributed by atoms with van der Waals surface area (Å²) in [5, 5.41) is 0.525. The SMILES string of the molecule is Cc1cc(F)ccc1OCc1ccc(Cl)c(N)c1. The van der Waals surface area contributed by atoms with E-state index in [1.165, 1.54) is 12.1 Å². The highest BCUT2D eigenvalue weighted by molar-refractivity contribution is 6.33. The molecule has 2 nitrogen and oxygen atoms in total. The van der Waals surface area contributed by atoms with Gasteiger partial charge in [-0.15, -0.1) is 0 Å². The second-order valence-corrected chi connectivity index (χ2v) is 4.46. The van der Waals surface area contributed by atoms with Gasteiger partial charge >= 0.3 is 0 Å². The van der Waals surface area contributed by atoms with Crippen LogP contribution in [0.2, 0.25) is 5.02 Å². The van der Waals surface area contributed by atoms with Gasteiger partial charge in [0.2, 0.25) is 0 Å². The van der Waals surface area contributed by atoms with Gasteiger partial charge in [0.15, 0.2) is 0 Å². The fourth-order valence-electron chi connectivity index (χ4n) is 1.62. The molecule has 0 atom stereocenters. The highest BCUT2D eigenvalue weighted by Gasteiger charge is 2.03. The van der Waals surface area contributed by atoms with E-state index in [0.717, 1.165) is 11.1 Å². The van der Waals surface area contributed by atoms with E-state index in [1.807, 2.05) is 6.07 Å². The average molecular weight is 266 g/mol. The molecular weight excluding hydrogens is 253 g/mol. The Balaban J connectivity index is 2.09. The first-order valence-electron chi connectivity index (χ1n) is 5.49. The van der Waals surface area contributed by atoms with Crippen molar-refractivity contribution in [3.05, 3.63) is 58.4 Å². The van der Waals surface area contributed by atoms with E-state index in [4.69, 9.17) is 22.1 Å². The molecule has 2 N–H and O–H groups in total. The van der Waals surface area contributed by atoms with Gasteiger partial charge in [0.05, 0.1) is 10.7 Å². The Morgan fingerprint density at radius 3 is 2.67 bits per heavy atom. The van der Waals surface area contributed by atoms with Gasteiger partial charge in [-0.1, -0.05) is 17.7 Å². The average Bonchev–Trinajstić information content (AvgIpc) is 2.32. The van der Waals surface area contributed by atoms with Gasteiger partial charge in [-0.3, -0.25) is 0 Å². The molecule has 0 fully saturated rings. The molecule has 2 aromatic carbocycles. The third-order valence-corrected chi connectivity index (χ3v) is 2.94. The number of hydrogen-bond donors (Lipinski definition) is 1. The highest BCUT2D eigenvalue weighted by Crippen LogP contribution is 2.22. The van der Waals surface area contributed by atoms with E-state index in [0.29, 0.717) is 23.1 Å². The van der Waals surface area contributed by atoms with Crippen molar-refractivity contribution in [3.8, 4) is 5.75 Å². The zero-order valence-corrected chi connectivity index (χ0v) is 10.7. The highest BCUT2D eigenvalue weighted by atomic mass is 35.5. The molecule has 0 amide bonds. The van der Waals surface area contributed by atoms with Crippen LogP contribution in [0.3, 0.4) is 0 Å². The van der Waals surface area contributed by atoms with Crippen LogP contribution in [0, 0.1) is 12.7 Å². The van der Waals surface area contributed by atoms with Crippen LogP contribution >= 0.6 is 11.6 Å². The van der Waals surface area contributed by atoms with Crippen molar-refractivity contribution < 1.29 is 9.13 Å². The Hall–Kier alpha value is -1.74. The lowest BCUT2D eigenvalue weighted by Crippen LogP contribution is -1.98. The minimum atomic E-state index is -0.268. The number of hydrogen-bond acceptors (Lipinski definition) is 2. The van der Waals surface area contributed by atoms with Gasteiger partial charge < -0.3 is 10.5 Å². The van der Waals surface area contributed by atoms with E-state index in [9.17, 15) is 4.39 Å². The number of nitrogens with two attached hydrogens (primary N) is 1. The van der Waals surface area contributed by atoms with Crippen LogP contribution in [-0.4, -0.2) is 0 Å². The molecule has 0 aliphatic heterocycles. The molecule has 0 aliphatic carbocycles. The van der Waals surface area contributed by atoms with Crippen molar-refractivity contribution >= 4 is 17.3 Å². The first-order valence-corrected chi connectivity index (χ1v) is 5.87. The fraction of sp³-hybridized carbons (Fsp3) is 0.143. The van der Waals surface area contributed by atoms with Crippen molar-refractivity contribution in [2.24, 2.45) is 0 Å². The largest absolute Gasteiger partial charge is 0.489 e. The summed E-state index contributed by atoms with van der Waals surface area (Å²) >= 11 is 5.83. The molecule has 0 heterocycles. The molecule has 0 bridgehead atoms. The Labute approximate surface area is 110 Å². The first kappa shape index (κ1) is 12.7. The maximum absolute atomic E-state index is 12.9. The van der Waals surface area contributed by atoms with Crippen LogP contribution in [0.25, 0.3) is 0 Å². The Bertz CT molecular complexity index is 572. The lowest BCUT2D eigenvalue weighted by Gasteiger charge is -2.10. The standard InChI is InChI=1S/C14H13ClFNO/c1-9-6-11(16)3-5-14(9)18-8-10-2-4-12(15)13(17)7-10/h2-7H,8,17H2,1H3. The van der Waals surface area contributed by atoms with Gasteiger partial charge in [0, 0.05) is 0 Å². The zero-order chi connectivity index (χ0) is 13.1. The van der Waals surface area contributed by atoms with Gasteiger partial charge in [0.1, 0.15) is 18.2 Å². The third-order valence-electron chi connectivity index (χ3n) is 2.59. The molecule has 4 heteroatoms. The molecular formula is C14H13ClFNO. The third kappa shape index (κ3) is 2.93. The van der Waals surface area contributed by atoms with Crippen molar-refractivity contribution in [1.82, 2.24) is 0 Å². The Kier molecular flexibility index (Phi) is 3.72. The molecule has 0 spiro atoms. The Morgan fingerprint density at radius 2 is 2.00 bits per heavy atom. The van der Waals surface area contributed by atoms with E-state index in [2.05, 4.69) is 0 Å². The van der Waals surface area contributed by atoms with Crippen LogP contribution in [0.1, 0.15) is 11.1 Å². The molecule has 0 unspecified atom stereocenters. The summed E-state index contributed by atoms with van der Waals surface area (Å²) in [5.74, 6) is 0.389. The molecule has 18 heavy (non-hydrogen) atoms. The predicted molar refractivity (Wildman–Crippen MR) is 71.3 cm³/mol. The van der Waals surface area contributed by atoms with E-state index < -0.39 is 0 Å². The van der Waals surface area contributed by atoms with Crippen molar-refractivity contribution in [2.45, 2.75) is 13.5 Å². The first-order chi connectivity index (χ1) is 8.56. The molecule has 2 aromatic rings. The molecule has 94 valence electrons. The Morgan fingerprint density at radius 1 is 1.22 bits per heavy atom. The normalized spacial score (nSPS) is 10.4. The minimum Gasteiger partial charge on any atom is -0.489 e. The van der Waals surface area contributed by atoms with Crippen LogP contribution in [0.4, 0.5) is 10.1 Å². The molecule has 0 radical (unpaired) electrons. The van der Waals surface area contributed by atoms with E-state index >= 15 is 0 Å². The summed E-state index contributed by atoms with van der Waals surface area (Å²) in [5.41, 5.74) is 7.90. The van der Waals surface area contributed by atoms with Gasteiger partial charge in [-0.2, -0.15) is 0 Å². The topological polar surface area (TPSA) is 35.2 Å². The summed E-state index contributed by atoms with van der Waals surface area (Å²) in [7, 11) is 0. The maximum Gasteiger partial charge on any atom is 0.123 e. The molecule has 0 aromatic heterocycles. The number of rotatable bonds is 3. The lowest BCUT2D eigenvalue weighted by molar-refractivity contribution is 0.303. The molecule has 2 rings (SSSR count). The number of aryl methyl sites for hydroxylation is 1. The molecule has 0 saturated heterocycles. The zero-order valence-electron chi connectivity index (χ0n) is 9.91. The number of ether oxygens (including phenoxy) is 1. The van der Waals surface area contributed by atoms with Crippen molar-refractivity contribution in [3.63, 3.8) is 0 Å². The number of anilines is 1. The number of halogens is 2. The summed E-state index contributed by atoms with van der Waals surface area (Å²) in [6.07, 6.45) is 0. The van der Waals surface area contributed by atoms with Crippen molar-refractivity contribution in [1.29, 1.82) is 0 Å². The second-order valence-electron chi connectivity index (χ2n) is 4.05. The summed E-state index contributed by atoms with van der Waals surface area (Å²) < 4.78 is 18.5. The summed E-state index contributed by atoms with van der Waals surface area (Å²) in [6.45, 7) is 2.17. The number of nitrogen functional groups attached to an aromatic ring is 1. The molecule has 0 saturated carbocycles. The van der Waals surface area contributed by atoms with Crippen LogP contribution in [-0.2, 0) is 6.61 Å². The van der Waals surface area contributed by atoms with Crippen LogP contribution in [0.5, 0.6) is 5.75 Å². The lowest BCUT2D eigenvalue weighted by atomic mass is 10.2. The monoisotopic (exact) mass is 265 g/mol. The van der Waals surface area contributed by atoms with Gasteiger partial charge in [0.25, 0.3) is 0 Å². The summed E-state index contributed by atoms with van der Waals surface area (Å²) in [4.78, 5) is 0. The van der Waals surface area contributed by atoms with Gasteiger partial charge in [-0.25, -0.2) is 4.39 Å².